The Bertz CT molecular complexity index is 1190. The van der Waals surface area contributed by atoms with Gasteiger partial charge in [0.25, 0.3) is 11.8 Å². The monoisotopic (exact) mass is 553 g/mol. The SMILES string of the molecule is C=CCOc1ccc(C(=O)NNC(=S)NC(=O)c2ccc(OCCc3ccccc3)c(Br)c2)cc1. The molecule has 3 rings (SSSR count). The van der Waals surface area contributed by atoms with E-state index in [9.17, 15) is 9.59 Å². The number of benzene rings is 3. The summed E-state index contributed by atoms with van der Waals surface area (Å²) in [6.45, 7) is 4.47. The van der Waals surface area contributed by atoms with Crippen LogP contribution in [0.2, 0.25) is 0 Å². The van der Waals surface area contributed by atoms with E-state index < -0.39 is 11.8 Å². The third-order valence-corrected chi connectivity index (χ3v) is 5.51. The van der Waals surface area contributed by atoms with E-state index in [1.807, 2.05) is 30.3 Å². The third-order valence-electron chi connectivity index (χ3n) is 4.69. The predicted octanol–water partition coefficient (Wildman–Crippen LogP) is 4.58. The summed E-state index contributed by atoms with van der Waals surface area (Å²) in [5, 5.41) is 2.47. The van der Waals surface area contributed by atoms with Gasteiger partial charge in [-0.05, 0) is 76.2 Å². The van der Waals surface area contributed by atoms with E-state index >= 15 is 0 Å². The largest absolute Gasteiger partial charge is 0.492 e. The van der Waals surface area contributed by atoms with Gasteiger partial charge in [0.1, 0.15) is 18.1 Å². The molecule has 0 fully saturated rings. The molecule has 0 aliphatic rings. The molecule has 3 N–H and O–H groups in total. The zero-order valence-electron chi connectivity index (χ0n) is 18.8. The summed E-state index contributed by atoms with van der Waals surface area (Å²) in [5.74, 6) is 0.399. The Labute approximate surface area is 217 Å². The van der Waals surface area contributed by atoms with Crippen molar-refractivity contribution in [1.82, 2.24) is 16.2 Å². The molecule has 0 bridgehead atoms. The molecule has 0 saturated carbocycles. The van der Waals surface area contributed by atoms with Crippen molar-refractivity contribution >= 4 is 45.1 Å². The van der Waals surface area contributed by atoms with Crippen molar-refractivity contribution in [3.63, 3.8) is 0 Å². The van der Waals surface area contributed by atoms with Crippen molar-refractivity contribution < 1.29 is 19.1 Å². The highest BCUT2D eigenvalue weighted by Crippen LogP contribution is 2.26. The maximum Gasteiger partial charge on any atom is 0.269 e. The summed E-state index contributed by atoms with van der Waals surface area (Å²) in [5.41, 5.74) is 6.91. The summed E-state index contributed by atoms with van der Waals surface area (Å²) < 4.78 is 11.8. The number of nitrogens with one attached hydrogen (secondary N) is 3. The average molecular weight is 554 g/mol. The summed E-state index contributed by atoms with van der Waals surface area (Å²) in [6.07, 6.45) is 2.41. The zero-order valence-corrected chi connectivity index (χ0v) is 21.2. The first-order valence-corrected chi connectivity index (χ1v) is 11.9. The van der Waals surface area contributed by atoms with Crippen molar-refractivity contribution in [2.24, 2.45) is 0 Å². The van der Waals surface area contributed by atoms with Crippen LogP contribution in [-0.2, 0) is 6.42 Å². The smallest absolute Gasteiger partial charge is 0.269 e. The van der Waals surface area contributed by atoms with E-state index in [-0.39, 0.29) is 5.11 Å². The molecule has 0 aromatic heterocycles. The molecule has 2 amide bonds. The molecule has 180 valence electrons. The normalized spacial score (nSPS) is 10.1. The van der Waals surface area contributed by atoms with Crippen LogP contribution in [0.1, 0.15) is 26.3 Å². The highest BCUT2D eigenvalue weighted by atomic mass is 79.9. The molecule has 0 aliphatic heterocycles. The maximum absolute atomic E-state index is 12.5. The molecule has 0 saturated heterocycles. The third kappa shape index (κ3) is 8.24. The molecule has 0 radical (unpaired) electrons. The molecule has 0 unspecified atom stereocenters. The minimum Gasteiger partial charge on any atom is -0.492 e. The molecule has 3 aromatic carbocycles. The quantitative estimate of drug-likeness (QED) is 0.204. The van der Waals surface area contributed by atoms with Gasteiger partial charge in [-0.1, -0.05) is 43.0 Å². The van der Waals surface area contributed by atoms with Crippen LogP contribution in [0, 0.1) is 0 Å². The van der Waals surface area contributed by atoms with E-state index in [4.69, 9.17) is 21.7 Å². The average Bonchev–Trinajstić information content (AvgIpc) is 2.87. The Morgan fingerprint density at radius 3 is 2.31 bits per heavy atom. The van der Waals surface area contributed by atoms with Gasteiger partial charge in [0.15, 0.2) is 5.11 Å². The minimum absolute atomic E-state index is 0.0476. The molecule has 9 heteroatoms. The second-order valence-corrected chi connectivity index (χ2v) is 8.48. The van der Waals surface area contributed by atoms with Crippen molar-refractivity contribution in [2.75, 3.05) is 13.2 Å². The van der Waals surface area contributed by atoms with Crippen LogP contribution in [0.15, 0.2) is 89.9 Å². The van der Waals surface area contributed by atoms with Crippen molar-refractivity contribution in [3.05, 3.63) is 107 Å². The molecule has 7 nitrogen and oxygen atoms in total. The maximum atomic E-state index is 12.5. The number of thiocarbonyl (C=S) groups is 1. The molecule has 3 aromatic rings. The summed E-state index contributed by atoms with van der Waals surface area (Å²) >= 11 is 8.54. The summed E-state index contributed by atoms with van der Waals surface area (Å²) in [7, 11) is 0. The fourth-order valence-corrected chi connectivity index (χ4v) is 3.57. The van der Waals surface area contributed by atoms with E-state index in [1.165, 1.54) is 5.56 Å². The predicted molar refractivity (Wildman–Crippen MR) is 143 cm³/mol. The number of ether oxygens (including phenoxy) is 2. The standard InChI is InChI=1S/C26H24BrN3O4S/c1-2-15-33-21-11-8-19(9-12-21)25(32)29-30-26(35)28-24(31)20-10-13-23(22(27)17-20)34-16-14-18-6-4-3-5-7-18/h2-13,17H,1,14-16H2,(H,29,32)(H2,28,30,31,35). The van der Waals surface area contributed by atoms with Gasteiger partial charge < -0.3 is 9.47 Å². The van der Waals surface area contributed by atoms with Crippen LogP contribution in [0.4, 0.5) is 0 Å². The van der Waals surface area contributed by atoms with Gasteiger partial charge in [0.2, 0.25) is 0 Å². The van der Waals surface area contributed by atoms with Gasteiger partial charge in [-0.25, -0.2) is 0 Å². The highest BCUT2D eigenvalue weighted by Gasteiger charge is 2.12. The number of carbonyl (C=O) groups is 2. The topological polar surface area (TPSA) is 88.7 Å². The molecular formula is C26H24BrN3O4S. The van der Waals surface area contributed by atoms with Gasteiger partial charge in [0, 0.05) is 17.5 Å². The van der Waals surface area contributed by atoms with Crippen LogP contribution in [0.5, 0.6) is 11.5 Å². The number of hydrogen-bond donors (Lipinski definition) is 3. The first kappa shape index (κ1) is 25.9. The van der Waals surface area contributed by atoms with Gasteiger partial charge in [-0.3, -0.25) is 25.8 Å². The second kappa shape index (κ2) is 13.3. The minimum atomic E-state index is -0.433. The van der Waals surface area contributed by atoms with E-state index in [2.05, 4.69) is 38.7 Å². The molecule has 0 atom stereocenters. The van der Waals surface area contributed by atoms with Crippen molar-refractivity contribution in [3.8, 4) is 11.5 Å². The molecule has 0 heterocycles. The van der Waals surface area contributed by atoms with Gasteiger partial charge in [0.05, 0.1) is 11.1 Å². The Morgan fingerprint density at radius 2 is 1.63 bits per heavy atom. The Balaban J connectivity index is 1.45. The van der Waals surface area contributed by atoms with E-state index in [0.29, 0.717) is 40.3 Å². The van der Waals surface area contributed by atoms with Crippen molar-refractivity contribution in [1.29, 1.82) is 0 Å². The number of hydrazine groups is 1. The lowest BCUT2D eigenvalue weighted by Crippen LogP contribution is -2.48. The zero-order chi connectivity index (χ0) is 25.0. The van der Waals surface area contributed by atoms with E-state index in [1.54, 1.807) is 48.5 Å². The van der Waals surface area contributed by atoms with Crippen LogP contribution in [0.3, 0.4) is 0 Å². The molecule has 0 aliphatic carbocycles. The summed E-state index contributed by atoms with van der Waals surface area (Å²) in [4.78, 5) is 24.8. The lowest BCUT2D eigenvalue weighted by Gasteiger charge is -2.12. The highest BCUT2D eigenvalue weighted by molar-refractivity contribution is 9.10. The number of rotatable bonds is 9. The molecular weight excluding hydrogens is 530 g/mol. The van der Waals surface area contributed by atoms with Gasteiger partial charge in [-0.2, -0.15) is 0 Å². The Morgan fingerprint density at radius 1 is 0.914 bits per heavy atom. The number of hydrogen-bond acceptors (Lipinski definition) is 5. The number of amides is 2. The fourth-order valence-electron chi connectivity index (χ4n) is 2.93. The molecule has 0 spiro atoms. The fraction of sp³-hybridized carbons (Fsp3) is 0.115. The number of carbonyl (C=O) groups excluding carboxylic acids is 2. The molecule has 35 heavy (non-hydrogen) atoms. The Kier molecular flexibility index (Phi) is 9.82. The van der Waals surface area contributed by atoms with Crippen molar-refractivity contribution in [2.45, 2.75) is 6.42 Å². The van der Waals surface area contributed by atoms with E-state index in [0.717, 1.165) is 6.42 Å². The Hall–Kier alpha value is -3.69. The van der Waals surface area contributed by atoms with Crippen LogP contribution in [-0.4, -0.2) is 30.1 Å². The summed E-state index contributed by atoms with van der Waals surface area (Å²) in [6, 6.07) is 21.6. The first-order valence-electron chi connectivity index (χ1n) is 10.7. The lowest BCUT2D eigenvalue weighted by molar-refractivity contribution is 0.0934. The van der Waals surface area contributed by atoms with Gasteiger partial charge in [-0.15, -0.1) is 0 Å². The first-order chi connectivity index (χ1) is 17.0. The van der Waals surface area contributed by atoms with Crippen LogP contribution < -0.4 is 25.6 Å². The second-order valence-electron chi connectivity index (χ2n) is 7.22. The lowest BCUT2D eigenvalue weighted by atomic mass is 10.2. The number of halogens is 1. The van der Waals surface area contributed by atoms with Crippen LogP contribution in [0.25, 0.3) is 0 Å². The van der Waals surface area contributed by atoms with Crippen LogP contribution >= 0.6 is 28.1 Å². The van der Waals surface area contributed by atoms with Gasteiger partial charge >= 0.3 is 0 Å².